The molecule has 3 rings (SSSR count). The molecule has 0 radical (unpaired) electrons. The molecule has 1 saturated heterocycles. The van der Waals surface area contributed by atoms with Gasteiger partial charge < -0.3 is 24.8 Å². The molecule has 162 valence electrons. The van der Waals surface area contributed by atoms with E-state index < -0.39 is 5.60 Å². The van der Waals surface area contributed by atoms with E-state index in [9.17, 15) is 4.79 Å². The van der Waals surface area contributed by atoms with Crippen LogP contribution in [0.25, 0.3) is 0 Å². The number of ether oxygens (including phenoxy) is 3. The summed E-state index contributed by atoms with van der Waals surface area (Å²) < 4.78 is 17.4. The Morgan fingerprint density at radius 3 is 2.63 bits per heavy atom. The second kappa shape index (κ2) is 9.39. The highest BCUT2D eigenvalue weighted by Crippen LogP contribution is 2.37. The maximum Gasteiger partial charge on any atom is 0.306 e. The molecule has 1 aliphatic rings. The summed E-state index contributed by atoms with van der Waals surface area (Å²) in [6.45, 7) is 9.64. The second-order valence-corrected chi connectivity index (χ2v) is 8.61. The van der Waals surface area contributed by atoms with Crippen LogP contribution in [0.15, 0.2) is 42.5 Å². The predicted molar refractivity (Wildman–Crippen MR) is 119 cm³/mol. The van der Waals surface area contributed by atoms with Crippen molar-refractivity contribution in [1.82, 2.24) is 0 Å². The number of anilines is 2. The Hall–Kier alpha value is -2.73. The molecule has 2 N–H and O–H groups in total. The lowest BCUT2D eigenvalue weighted by Gasteiger charge is -2.36. The lowest BCUT2D eigenvalue weighted by molar-refractivity contribution is -0.155. The number of hydrogen-bond donors (Lipinski definition) is 1. The largest absolute Gasteiger partial charge is 0.460 e. The highest BCUT2D eigenvalue weighted by Gasteiger charge is 2.26. The van der Waals surface area contributed by atoms with Gasteiger partial charge in [0.1, 0.15) is 17.1 Å². The Morgan fingerprint density at radius 1 is 1.20 bits per heavy atom. The van der Waals surface area contributed by atoms with Crippen molar-refractivity contribution in [3.63, 3.8) is 0 Å². The molecule has 0 amide bonds. The van der Waals surface area contributed by atoms with Crippen molar-refractivity contribution in [3.05, 3.63) is 48.0 Å². The first kappa shape index (κ1) is 22.0. The zero-order valence-electron chi connectivity index (χ0n) is 18.3. The quantitative estimate of drug-likeness (QED) is 0.548. The van der Waals surface area contributed by atoms with Crippen LogP contribution in [0, 0.1) is 6.92 Å². The van der Waals surface area contributed by atoms with Crippen LogP contribution in [0.4, 0.5) is 11.4 Å². The Bertz CT molecular complexity index is 861. The first-order valence-electron chi connectivity index (χ1n) is 10.4. The van der Waals surface area contributed by atoms with Gasteiger partial charge in [-0.15, -0.1) is 0 Å². The number of carbonyl (C=O) groups is 1. The molecule has 0 spiro atoms. The molecule has 1 aliphatic heterocycles. The van der Waals surface area contributed by atoms with Gasteiger partial charge in [0, 0.05) is 25.1 Å². The SMILES string of the molecule is Cc1c(Oc2ccccc2)ccc(N)c1N1CCO[C@@H](CCC(=O)OC(C)(C)C)C1. The summed E-state index contributed by atoms with van der Waals surface area (Å²) in [6, 6.07) is 13.5. The number of nitrogens with zero attached hydrogens (tertiary/aromatic N) is 1. The van der Waals surface area contributed by atoms with Crippen LogP contribution in [0.5, 0.6) is 11.5 Å². The van der Waals surface area contributed by atoms with Crippen LogP contribution >= 0.6 is 0 Å². The van der Waals surface area contributed by atoms with Gasteiger partial charge in [0.15, 0.2) is 0 Å². The zero-order valence-corrected chi connectivity index (χ0v) is 18.3. The van der Waals surface area contributed by atoms with E-state index in [0.29, 0.717) is 31.7 Å². The molecule has 0 saturated carbocycles. The summed E-state index contributed by atoms with van der Waals surface area (Å²) in [5.74, 6) is 1.37. The zero-order chi connectivity index (χ0) is 21.7. The number of morpholine rings is 1. The summed E-state index contributed by atoms with van der Waals surface area (Å²) in [7, 11) is 0. The van der Waals surface area contributed by atoms with Crippen LogP contribution in [0.1, 0.15) is 39.2 Å². The molecule has 6 nitrogen and oxygen atoms in total. The van der Waals surface area contributed by atoms with E-state index in [0.717, 1.165) is 29.3 Å². The molecule has 6 heteroatoms. The lowest BCUT2D eigenvalue weighted by Crippen LogP contribution is -2.43. The molecular formula is C24H32N2O4. The Balaban J connectivity index is 1.69. The average Bonchev–Trinajstić information content (AvgIpc) is 2.69. The smallest absolute Gasteiger partial charge is 0.306 e. The summed E-state index contributed by atoms with van der Waals surface area (Å²) in [6.07, 6.45) is 0.898. The fourth-order valence-corrected chi connectivity index (χ4v) is 3.62. The minimum absolute atomic E-state index is 0.0521. The third-order valence-corrected chi connectivity index (χ3v) is 4.93. The van der Waals surface area contributed by atoms with E-state index in [-0.39, 0.29) is 12.1 Å². The van der Waals surface area contributed by atoms with Gasteiger partial charge in [-0.2, -0.15) is 0 Å². The minimum atomic E-state index is -0.471. The van der Waals surface area contributed by atoms with Crippen molar-refractivity contribution in [2.75, 3.05) is 30.3 Å². The number of rotatable bonds is 6. The van der Waals surface area contributed by atoms with Crippen molar-refractivity contribution in [2.24, 2.45) is 0 Å². The number of carbonyl (C=O) groups excluding carboxylic acids is 1. The molecule has 1 atom stereocenters. The van der Waals surface area contributed by atoms with Gasteiger partial charge in [-0.3, -0.25) is 4.79 Å². The molecule has 1 heterocycles. The van der Waals surface area contributed by atoms with Gasteiger partial charge in [0.2, 0.25) is 0 Å². The van der Waals surface area contributed by atoms with E-state index in [1.54, 1.807) is 0 Å². The molecule has 2 aromatic carbocycles. The number of nitrogens with two attached hydrogens (primary N) is 1. The topological polar surface area (TPSA) is 74.0 Å². The Labute approximate surface area is 178 Å². The maximum atomic E-state index is 12.1. The van der Waals surface area contributed by atoms with Gasteiger partial charge in [-0.25, -0.2) is 0 Å². The van der Waals surface area contributed by atoms with Crippen molar-refractivity contribution in [1.29, 1.82) is 0 Å². The van der Waals surface area contributed by atoms with Crippen LogP contribution in [-0.4, -0.2) is 37.4 Å². The van der Waals surface area contributed by atoms with Crippen molar-refractivity contribution >= 4 is 17.3 Å². The molecule has 2 aromatic rings. The number of nitrogen functional groups attached to an aromatic ring is 1. The Morgan fingerprint density at radius 2 is 1.93 bits per heavy atom. The van der Waals surface area contributed by atoms with E-state index in [1.165, 1.54) is 0 Å². The van der Waals surface area contributed by atoms with E-state index >= 15 is 0 Å². The van der Waals surface area contributed by atoms with Crippen molar-refractivity contribution in [3.8, 4) is 11.5 Å². The summed E-state index contributed by atoms with van der Waals surface area (Å²) in [5.41, 5.74) is 8.54. The standard InChI is InChI=1S/C24H32N2O4/c1-17-21(29-18-8-6-5-7-9-18)12-11-20(25)23(17)26-14-15-28-19(16-26)10-13-22(27)30-24(2,3)4/h5-9,11-12,19H,10,13-16,25H2,1-4H3/t19-/m0/s1. The lowest BCUT2D eigenvalue weighted by atomic mass is 10.1. The third-order valence-electron chi connectivity index (χ3n) is 4.93. The van der Waals surface area contributed by atoms with Gasteiger partial charge in [-0.1, -0.05) is 18.2 Å². The van der Waals surface area contributed by atoms with Crippen LogP contribution < -0.4 is 15.4 Å². The van der Waals surface area contributed by atoms with Gasteiger partial charge in [-0.05, 0) is 58.4 Å². The summed E-state index contributed by atoms with van der Waals surface area (Å²) >= 11 is 0. The monoisotopic (exact) mass is 412 g/mol. The molecule has 0 aliphatic carbocycles. The number of esters is 1. The fourth-order valence-electron chi connectivity index (χ4n) is 3.62. The third kappa shape index (κ3) is 5.89. The molecule has 0 unspecified atom stereocenters. The van der Waals surface area contributed by atoms with Gasteiger partial charge in [0.05, 0.1) is 24.1 Å². The van der Waals surface area contributed by atoms with Crippen LogP contribution in [-0.2, 0) is 14.3 Å². The highest BCUT2D eigenvalue weighted by molar-refractivity contribution is 5.75. The van der Waals surface area contributed by atoms with E-state index in [1.807, 2.05) is 70.2 Å². The summed E-state index contributed by atoms with van der Waals surface area (Å²) in [5, 5.41) is 0. The minimum Gasteiger partial charge on any atom is -0.460 e. The van der Waals surface area contributed by atoms with Crippen LogP contribution in [0.2, 0.25) is 0 Å². The molecule has 1 fully saturated rings. The maximum absolute atomic E-state index is 12.1. The van der Waals surface area contributed by atoms with E-state index in [2.05, 4.69) is 4.90 Å². The molecular weight excluding hydrogens is 380 g/mol. The average molecular weight is 413 g/mol. The second-order valence-electron chi connectivity index (χ2n) is 8.61. The van der Waals surface area contributed by atoms with Crippen molar-refractivity contribution in [2.45, 2.75) is 52.2 Å². The number of para-hydroxylation sites is 1. The van der Waals surface area contributed by atoms with Gasteiger partial charge >= 0.3 is 5.97 Å². The molecule has 30 heavy (non-hydrogen) atoms. The predicted octanol–water partition coefficient (Wildman–Crippen LogP) is 4.70. The molecule has 0 aromatic heterocycles. The van der Waals surface area contributed by atoms with Crippen LogP contribution in [0.3, 0.4) is 0 Å². The normalized spacial score (nSPS) is 16.9. The molecule has 0 bridgehead atoms. The highest BCUT2D eigenvalue weighted by atomic mass is 16.6. The van der Waals surface area contributed by atoms with Gasteiger partial charge in [0.25, 0.3) is 0 Å². The number of hydrogen-bond acceptors (Lipinski definition) is 6. The Kier molecular flexibility index (Phi) is 6.87. The fraction of sp³-hybridized carbons (Fsp3) is 0.458. The van der Waals surface area contributed by atoms with Crippen molar-refractivity contribution < 1.29 is 19.0 Å². The first-order chi connectivity index (χ1) is 14.2. The van der Waals surface area contributed by atoms with E-state index in [4.69, 9.17) is 19.9 Å². The number of benzene rings is 2. The summed E-state index contributed by atoms with van der Waals surface area (Å²) in [4.78, 5) is 14.3. The first-order valence-corrected chi connectivity index (χ1v) is 10.4.